The van der Waals surface area contributed by atoms with E-state index in [9.17, 15) is 8.42 Å². The summed E-state index contributed by atoms with van der Waals surface area (Å²) in [7, 11) is -2.95. The Morgan fingerprint density at radius 1 is 1.20 bits per heavy atom. The highest BCUT2D eigenvalue weighted by molar-refractivity contribution is 7.91. The smallest absolute Gasteiger partial charge is 0.151 e. The molecule has 3 aromatic rings. The molecule has 2 aromatic heterocycles. The Morgan fingerprint density at radius 2 is 2.04 bits per heavy atom. The number of hydrogen-bond acceptors (Lipinski definition) is 5. The highest BCUT2D eigenvalue weighted by Gasteiger charge is 2.33. The van der Waals surface area contributed by atoms with E-state index in [2.05, 4.69) is 11.0 Å². The zero-order valence-electron chi connectivity index (χ0n) is 13.5. The number of sulfone groups is 1. The Hall–Kier alpha value is -1.34. The van der Waals surface area contributed by atoms with E-state index >= 15 is 0 Å². The summed E-state index contributed by atoms with van der Waals surface area (Å²) in [5.74, 6) is 1.30. The van der Waals surface area contributed by atoms with Gasteiger partial charge in [0.05, 0.1) is 29.3 Å². The van der Waals surface area contributed by atoms with Gasteiger partial charge in [-0.2, -0.15) is 0 Å². The van der Waals surface area contributed by atoms with E-state index in [1.807, 2.05) is 30.3 Å². The molecule has 1 atom stereocenters. The number of rotatable bonds is 5. The highest BCUT2D eigenvalue weighted by Crippen LogP contribution is 2.37. The Balaban J connectivity index is 1.64. The first-order chi connectivity index (χ1) is 12.0. The lowest BCUT2D eigenvalue weighted by Crippen LogP contribution is -2.35. The third-order valence-electron chi connectivity index (χ3n) is 4.61. The van der Waals surface area contributed by atoms with Crippen LogP contribution in [0.5, 0.6) is 0 Å². The van der Waals surface area contributed by atoms with E-state index in [0.29, 0.717) is 19.5 Å². The van der Waals surface area contributed by atoms with Gasteiger partial charge in [-0.25, -0.2) is 8.42 Å². The van der Waals surface area contributed by atoms with E-state index in [1.54, 1.807) is 17.6 Å². The summed E-state index contributed by atoms with van der Waals surface area (Å²) in [6.45, 7) is 1.21. The molecule has 1 aliphatic heterocycles. The highest BCUT2D eigenvalue weighted by atomic mass is 35.5. The van der Waals surface area contributed by atoms with Crippen molar-refractivity contribution < 1.29 is 12.8 Å². The van der Waals surface area contributed by atoms with Gasteiger partial charge in [-0.05, 0) is 24.6 Å². The lowest BCUT2D eigenvalue weighted by atomic mass is 10.2. The fraction of sp³-hybridized carbons (Fsp3) is 0.333. The molecule has 4 nitrogen and oxygen atoms in total. The van der Waals surface area contributed by atoms with E-state index in [-0.39, 0.29) is 17.5 Å². The van der Waals surface area contributed by atoms with Gasteiger partial charge in [-0.3, -0.25) is 4.90 Å². The molecule has 0 aliphatic carbocycles. The number of furan rings is 1. The SMILES string of the molecule is O=S1(=O)CCC(N(Cc2ccco2)Cc2sc3ccccc3c2Cl)C1. The van der Waals surface area contributed by atoms with Gasteiger partial charge in [-0.1, -0.05) is 29.8 Å². The normalized spacial score (nSPS) is 19.8. The van der Waals surface area contributed by atoms with Gasteiger partial charge in [-0.15, -0.1) is 11.3 Å². The van der Waals surface area contributed by atoms with Crippen LogP contribution in [0.3, 0.4) is 0 Å². The van der Waals surface area contributed by atoms with E-state index in [4.69, 9.17) is 16.0 Å². The molecule has 1 aromatic carbocycles. The molecule has 3 heterocycles. The second-order valence-electron chi connectivity index (χ2n) is 6.38. The second kappa shape index (κ2) is 6.76. The first kappa shape index (κ1) is 17.1. The maximum atomic E-state index is 11.9. The summed E-state index contributed by atoms with van der Waals surface area (Å²) in [6, 6.07) is 11.8. The van der Waals surface area contributed by atoms with Crippen LogP contribution in [0.15, 0.2) is 47.1 Å². The third-order valence-corrected chi connectivity index (χ3v) is 8.06. The first-order valence-electron chi connectivity index (χ1n) is 8.14. The number of thiophene rings is 1. The third kappa shape index (κ3) is 3.62. The standard InChI is InChI=1S/C18H18ClNO3S2/c19-18-15-5-1-2-6-16(15)24-17(18)11-20(10-14-4-3-8-23-14)13-7-9-25(21,22)12-13/h1-6,8,13H,7,9-12H2. The summed E-state index contributed by atoms with van der Waals surface area (Å²) in [5.41, 5.74) is 0. The summed E-state index contributed by atoms with van der Waals surface area (Å²) < 4.78 is 30.5. The van der Waals surface area contributed by atoms with Gasteiger partial charge >= 0.3 is 0 Å². The molecule has 0 radical (unpaired) electrons. The molecule has 0 N–H and O–H groups in total. The number of hydrogen-bond donors (Lipinski definition) is 0. The molecule has 1 saturated heterocycles. The van der Waals surface area contributed by atoms with Crippen molar-refractivity contribution in [1.82, 2.24) is 4.90 Å². The minimum absolute atomic E-state index is 0.00335. The first-order valence-corrected chi connectivity index (χ1v) is 11.2. The zero-order chi connectivity index (χ0) is 17.4. The Labute approximate surface area is 155 Å². The molecule has 1 unspecified atom stereocenters. The Morgan fingerprint density at radius 3 is 2.72 bits per heavy atom. The molecule has 0 bridgehead atoms. The Kier molecular flexibility index (Phi) is 4.62. The van der Waals surface area contributed by atoms with Crippen molar-refractivity contribution in [2.75, 3.05) is 11.5 Å². The van der Waals surface area contributed by atoms with Crippen LogP contribution in [0.2, 0.25) is 5.02 Å². The summed E-state index contributed by atoms with van der Waals surface area (Å²) in [4.78, 5) is 3.25. The molecule has 25 heavy (non-hydrogen) atoms. The van der Waals surface area contributed by atoms with Crippen molar-refractivity contribution in [3.05, 3.63) is 58.3 Å². The van der Waals surface area contributed by atoms with Crippen molar-refractivity contribution in [1.29, 1.82) is 0 Å². The summed E-state index contributed by atoms with van der Waals surface area (Å²) in [5, 5.41) is 1.83. The van der Waals surface area contributed by atoms with E-state index in [0.717, 1.165) is 25.7 Å². The average Bonchev–Trinajstić information content (AvgIpc) is 3.28. The lowest BCUT2D eigenvalue weighted by Gasteiger charge is -2.26. The molecule has 132 valence electrons. The fourth-order valence-electron chi connectivity index (χ4n) is 3.33. The van der Waals surface area contributed by atoms with Crippen LogP contribution in [-0.2, 0) is 22.9 Å². The van der Waals surface area contributed by atoms with E-state index in [1.165, 1.54) is 0 Å². The zero-order valence-corrected chi connectivity index (χ0v) is 15.9. The van der Waals surface area contributed by atoms with Crippen molar-refractivity contribution in [3.8, 4) is 0 Å². The largest absolute Gasteiger partial charge is 0.468 e. The number of nitrogens with zero attached hydrogens (tertiary/aromatic N) is 1. The molecular formula is C18H18ClNO3S2. The van der Waals surface area contributed by atoms with Crippen LogP contribution in [0.1, 0.15) is 17.1 Å². The molecule has 0 saturated carbocycles. The maximum Gasteiger partial charge on any atom is 0.151 e. The van der Waals surface area contributed by atoms with Crippen LogP contribution in [0.4, 0.5) is 0 Å². The number of halogens is 1. The number of fused-ring (bicyclic) bond motifs is 1. The van der Waals surface area contributed by atoms with Gasteiger partial charge in [0.1, 0.15) is 5.76 Å². The maximum absolute atomic E-state index is 11.9. The van der Waals surface area contributed by atoms with Crippen LogP contribution in [0, 0.1) is 0 Å². The molecule has 1 aliphatic rings. The quantitative estimate of drug-likeness (QED) is 0.644. The second-order valence-corrected chi connectivity index (χ2v) is 10.1. The predicted molar refractivity (Wildman–Crippen MR) is 102 cm³/mol. The van der Waals surface area contributed by atoms with Gasteiger partial charge in [0.15, 0.2) is 9.84 Å². The molecule has 1 fully saturated rings. The van der Waals surface area contributed by atoms with Crippen molar-refractivity contribution in [2.24, 2.45) is 0 Å². The summed E-state index contributed by atoms with van der Waals surface area (Å²) >= 11 is 8.26. The summed E-state index contributed by atoms with van der Waals surface area (Å²) in [6.07, 6.45) is 2.30. The Bertz CT molecular complexity index is 979. The minimum atomic E-state index is -2.95. The van der Waals surface area contributed by atoms with Crippen molar-refractivity contribution in [3.63, 3.8) is 0 Å². The lowest BCUT2D eigenvalue weighted by molar-refractivity contribution is 0.181. The average molecular weight is 396 g/mol. The van der Waals surface area contributed by atoms with Gasteiger partial charge in [0.2, 0.25) is 0 Å². The van der Waals surface area contributed by atoms with Crippen molar-refractivity contribution >= 4 is 42.9 Å². The molecule has 0 spiro atoms. The van der Waals surface area contributed by atoms with E-state index < -0.39 is 9.84 Å². The van der Waals surface area contributed by atoms with Crippen molar-refractivity contribution in [2.45, 2.75) is 25.6 Å². The fourth-order valence-corrected chi connectivity index (χ4v) is 6.61. The molecule has 0 amide bonds. The molecule has 4 rings (SSSR count). The molecule has 7 heteroatoms. The van der Waals surface area contributed by atoms with Crippen LogP contribution < -0.4 is 0 Å². The topological polar surface area (TPSA) is 50.5 Å². The minimum Gasteiger partial charge on any atom is -0.468 e. The van der Waals surface area contributed by atoms with Crippen LogP contribution in [0.25, 0.3) is 10.1 Å². The van der Waals surface area contributed by atoms with Gasteiger partial charge in [0, 0.05) is 27.5 Å². The van der Waals surface area contributed by atoms with Gasteiger partial charge < -0.3 is 4.42 Å². The van der Waals surface area contributed by atoms with Crippen LogP contribution in [-0.4, -0.2) is 30.9 Å². The number of benzene rings is 1. The predicted octanol–water partition coefficient (Wildman–Crippen LogP) is 4.34. The van der Waals surface area contributed by atoms with Gasteiger partial charge in [0.25, 0.3) is 0 Å². The van der Waals surface area contributed by atoms with Crippen LogP contribution >= 0.6 is 22.9 Å². The monoisotopic (exact) mass is 395 g/mol. The molecular weight excluding hydrogens is 378 g/mol.